The number of hydrogen-bond acceptors (Lipinski definition) is 0. The number of rotatable bonds is 0. The van der Waals surface area contributed by atoms with Gasteiger partial charge in [0, 0.05) is 0 Å². The van der Waals surface area contributed by atoms with Gasteiger partial charge in [-0.1, -0.05) is 48.6 Å². The van der Waals surface area contributed by atoms with Crippen molar-refractivity contribution in [1.82, 2.24) is 0 Å². The summed E-state index contributed by atoms with van der Waals surface area (Å²) in [7, 11) is 0. The van der Waals surface area contributed by atoms with E-state index >= 15 is 0 Å². The maximum Gasteiger partial charge on any atom is -0.00268 e. The molecule has 0 heteroatoms. The van der Waals surface area contributed by atoms with Gasteiger partial charge in [-0.3, -0.25) is 0 Å². The molecule has 14 heavy (non-hydrogen) atoms. The first kappa shape index (κ1) is 6.61. The van der Waals surface area contributed by atoms with Crippen molar-refractivity contribution in [3.8, 4) is 0 Å². The number of fused-ring (bicyclic) bond motifs is 4. The quantitative estimate of drug-likeness (QED) is 0.532. The summed E-state index contributed by atoms with van der Waals surface area (Å²) < 4.78 is 0. The van der Waals surface area contributed by atoms with Crippen molar-refractivity contribution in [3.63, 3.8) is 0 Å². The third kappa shape index (κ3) is 0.589. The molecule has 0 fully saturated rings. The van der Waals surface area contributed by atoms with Crippen LogP contribution < -0.4 is 0 Å². The molecule has 0 N–H and O–H groups in total. The summed E-state index contributed by atoms with van der Waals surface area (Å²) in [5.74, 6) is 0. The first-order valence-electron chi connectivity index (χ1n) is 4.89. The van der Waals surface area contributed by atoms with Gasteiger partial charge in [0.1, 0.15) is 0 Å². The summed E-state index contributed by atoms with van der Waals surface area (Å²) in [4.78, 5) is 0. The predicted molar refractivity (Wildman–Crippen MR) is 57.6 cm³/mol. The lowest BCUT2D eigenvalue weighted by Gasteiger charge is -2.05. The monoisotopic (exact) mass is 176 g/mol. The Morgan fingerprint density at radius 1 is 0.429 bits per heavy atom. The lowest BCUT2D eigenvalue weighted by atomic mass is 9.98. The third-order valence-corrected chi connectivity index (χ3v) is 3.17. The Kier molecular flexibility index (Phi) is 0.935. The van der Waals surface area contributed by atoms with Crippen molar-refractivity contribution in [3.05, 3.63) is 82.0 Å². The fraction of sp³-hybridized carbons (Fsp3) is 0. The Hall–Kier alpha value is -1.82. The maximum atomic E-state index is 2.20. The van der Waals surface area contributed by atoms with Gasteiger partial charge in [-0.15, -0.1) is 0 Å². The summed E-state index contributed by atoms with van der Waals surface area (Å²) in [6.07, 6.45) is 17.6. The zero-order chi connectivity index (χ0) is 9.12. The van der Waals surface area contributed by atoms with Crippen LogP contribution in [0.25, 0.3) is 0 Å². The Morgan fingerprint density at radius 2 is 0.714 bits per heavy atom. The molecule has 0 aromatic rings. The minimum absolute atomic E-state index is 1.37. The van der Waals surface area contributed by atoms with E-state index in [-0.39, 0.29) is 0 Å². The first-order valence-corrected chi connectivity index (χ1v) is 4.89. The molecule has 0 aromatic heterocycles. The van der Waals surface area contributed by atoms with Gasteiger partial charge in [-0.2, -0.15) is 0 Å². The van der Waals surface area contributed by atoms with Crippen LogP contribution in [0.1, 0.15) is 0 Å². The van der Waals surface area contributed by atoms with Crippen LogP contribution in [0.4, 0.5) is 0 Å². The second kappa shape index (κ2) is 1.98. The van der Waals surface area contributed by atoms with E-state index < -0.39 is 0 Å². The molecule has 0 saturated carbocycles. The van der Waals surface area contributed by atoms with E-state index in [4.69, 9.17) is 0 Å². The molecule has 0 heterocycles. The second-order valence-corrected chi connectivity index (χ2v) is 3.90. The number of allylic oxidation sites excluding steroid dienone is 14. The largest absolute Gasteiger partial charge is 0.0537 e. The summed E-state index contributed by atoms with van der Waals surface area (Å²) >= 11 is 0. The molecule has 0 unspecified atom stereocenters. The Labute approximate surface area is 82.6 Å². The van der Waals surface area contributed by atoms with Gasteiger partial charge in [0.2, 0.25) is 0 Å². The van der Waals surface area contributed by atoms with Crippen LogP contribution in [0.2, 0.25) is 0 Å². The fourth-order valence-corrected chi connectivity index (χ4v) is 2.52. The van der Waals surface area contributed by atoms with E-state index in [1.54, 1.807) is 0 Å². The smallest absolute Gasteiger partial charge is 0.00268 e. The number of hydrogen-bond donors (Lipinski definition) is 0. The zero-order valence-electron chi connectivity index (χ0n) is 7.62. The minimum atomic E-state index is 1.37. The summed E-state index contributed by atoms with van der Waals surface area (Å²) in [6.45, 7) is 0. The lowest BCUT2D eigenvalue weighted by Crippen LogP contribution is -1.88. The zero-order valence-corrected chi connectivity index (χ0v) is 7.62. The second-order valence-electron chi connectivity index (χ2n) is 3.90. The van der Waals surface area contributed by atoms with Crippen LogP contribution in [-0.4, -0.2) is 0 Å². The van der Waals surface area contributed by atoms with E-state index in [1.165, 1.54) is 33.4 Å². The molecule has 0 amide bonds. The normalized spacial score (nSPS) is 24.6. The van der Waals surface area contributed by atoms with Crippen LogP contribution in [0.3, 0.4) is 0 Å². The molecule has 0 atom stereocenters. The van der Waals surface area contributed by atoms with Crippen molar-refractivity contribution in [2.45, 2.75) is 0 Å². The average Bonchev–Trinajstić information content (AvgIpc) is 2.92. The van der Waals surface area contributed by atoms with E-state index in [0.717, 1.165) is 0 Å². The van der Waals surface area contributed by atoms with E-state index in [9.17, 15) is 0 Å². The summed E-state index contributed by atoms with van der Waals surface area (Å²) in [5, 5.41) is 0. The van der Waals surface area contributed by atoms with Gasteiger partial charge in [-0.05, 0) is 33.4 Å². The lowest BCUT2D eigenvalue weighted by molar-refractivity contribution is 1.48. The highest BCUT2D eigenvalue weighted by molar-refractivity contribution is 5.81. The molecule has 0 saturated heterocycles. The van der Waals surface area contributed by atoms with Crippen LogP contribution in [-0.2, 0) is 0 Å². The molecular formula is C14H8. The van der Waals surface area contributed by atoms with Crippen molar-refractivity contribution in [2.75, 3.05) is 0 Å². The van der Waals surface area contributed by atoms with E-state index in [0.29, 0.717) is 0 Å². The molecule has 0 radical (unpaired) electrons. The van der Waals surface area contributed by atoms with Gasteiger partial charge in [0.25, 0.3) is 0 Å². The molecule has 0 aliphatic heterocycles. The molecule has 0 spiro atoms. The fourth-order valence-electron chi connectivity index (χ4n) is 2.52. The van der Waals surface area contributed by atoms with Crippen molar-refractivity contribution in [1.29, 1.82) is 0 Å². The van der Waals surface area contributed by atoms with Crippen molar-refractivity contribution >= 4 is 0 Å². The maximum absolute atomic E-state index is 2.20. The SMILES string of the molecule is C1=CC2=CC=C1C2=C1C2=CC=C1C=C2. The molecule has 0 nitrogen and oxygen atoms in total. The summed E-state index contributed by atoms with van der Waals surface area (Å²) in [6, 6.07) is 0. The van der Waals surface area contributed by atoms with Gasteiger partial charge in [0.15, 0.2) is 0 Å². The topological polar surface area (TPSA) is 0 Å². The van der Waals surface area contributed by atoms with Crippen LogP contribution in [0, 0.1) is 0 Å². The van der Waals surface area contributed by atoms with Gasteiger partial charge in [0.05, 0.1) is 0 Å². The van der Waals surface area contributed by atoms with Crippen LogP contribution >= 0.6 is 0 Å². The van der Waals surface area contributed by atoms with E-state index in [1.807, 2.05) is 0 Å². The molecule has 4 aliphatic carbocycles. The highest BCUT2D eigenvalue weighted by Crippen LogP contribution is 2.45. The van der Waals surface area contributed by atoms with Crippen molar-refractivity contribution < 1.29 is 0 Å². The minimum Gasteiger partial charge on any atom is -0.0537 e. The van der Waals surface area contributed by atoms with Crippen LogP contribution in [0.15, 0.2) is 82.0 Å². The average molecular weight is 176 g/mol. The van der Waals surface area contributed by atoms with Gasteiger partial charge < -0.3 is 0 Å². The van der Waals surface area contributed by atoms with Crippen LogP contribution in [0.5, 0.6) is 0 Å². The Balaban J connectivity index is 2.05. The van der Waals surface area contributed by atoms with Gasteiger partial charge >= 0.3 is 0 Å². The predicted octanol–water partition coefficient (Wildman–Crippen LogP) is 3.16. The van der Waals surface area contributed by atoms with Crippen molar-refractivity contribution in [2.24, 2.45) is 0 Å². The van der Waals surface area contributed by atoms with E-state index in [2.05, 4.69) is 48.6 Å². The standard InChI is InChI=1S/C14H8/c1-2-10-4-3-9(1)13(10)14-11-5-6-12(14)8-7-11/h1-8H. The molecule has 4 bridgehead atoms. The highest BCUT2D eigenvalue weighted by atomic mass is 14.3. The molecule has 4 rings (SSSR count). The first-order chi connectivity index (χ1) is 6.93. The Morgan fingerprint density at radius 3 is 0.929 bits per heavy atom. The molecule has 64 valence electrons. The third-order valence-electron chi connectivity index (χ3n) is 3.17. The molecule has 0 aromatic carbocycles. The highest BCUT2D eigenvalue weighted by Gasteiger charge is 2.27. The molecular weight excluding hydrogens is 168 g/mol. The van der Waals surface area contributed by atoms with Gasteiger partial charge in [-0.25, -0.2) is 0 Å². The molecule has 4 aliphatic rings. The Bertz CT molecular complexity index is 467. The summed E-state index contributed by atoms with van der Waals surface area (Å²) in [5.41, 5.74) is 8.36.